The molecule has 0 aromatic heterocycles. The number of hydrogen-bond acceptors (Lipinski definition) is 2. The minimum atomic E-state index is -0.374. The Balaban J connectivity index is 0.00000121. The molecule has 0 aliphatic carbocycles. The van der Waals surface area contributed by atoms with Crippen molar-refractivity contribution in [3.05, 3.63) is 48.7 Å². The molecule has 0 fully saturated rings. The second-order valence-corrected chi connectivity index (χ2v) is 1.94. The second-order valence-electron chi connectivity index (χ2n) is 1.94. The van der Waals surface area contributed by atoms with E-state index in [1.807, 2.05) is 6.07 Å². The Kier molecular flexibility index (Phi) is 5.61. The fourth-order valence-corrected chi connectivity index (χ4v) is 0.718. The SMILES string of the molecule is C=COC(=O)c1ccccc1.[PbH2]. The van der Waals surface area contributed by atoms with Crippen LogP contribution in [0.5, 0.6) is 0 Å². The van der Waals surface area contributed by atoms with E-state index >= 15 is 0 Å². The van der Waals surface area contributed by atoms with Gasteiger partial charge in [0.15, 0.2) is 0 Å². The average Bonchev–Trinajstić information content (AvgIpc) is 2.07. The first-order chi connectivity index (χ1) is 5.34. The number of esters is 1. The summed E-state index contributed by atoms with van der Waals surface area (Å²) in [5.41, 5.74) is 0.535. The molecule has 1 aromatic carbocycles. The van der Waals surface area contributed by atoms with Gasteiger partial charge < -0.3 is 4.74 Å². The van der Waals surface area contributed by atoms with Crippen LogP contribution in [0, 0.1) is 0 Å². The van der Waals surface area contributed by atoms with E-state index in [1.165, 1.54) is 0 Å². The van der Waals surface area contributed by atoms with E-state index in [2.05, 4.69) is 11.3 Å². The van der Waals surface area contributed by atoms with E-state index in [0.717, 1.165) is 6.26 Å². The van der Waals surface area contributed by atoms with Crippen LogP contribution in [0.3, 0.4) is 0 Å². The van der Waals surface area contributed by atoms with Crippen molar-refractivity contribution in [3.8, 4) is 0 Å². The molecule has 0 spiro atoms. The third-order valence-electron chi connectivity index (χ3n) is 1.20. The van der Waals surface area contributed by atoms with E-state index in [-0.39, 0.29) is 33.3 Å². The van der Waals surface area contributed by atoms with Gasteiger partial charge >= 0.3 is 33.3 Å². The molecule has 1 aromatic rings. The fraction of sp³-hybridized carbons (Fsp3) is 0. The van der Waals surface area contributed by atoms with E-state index in [9.17, 15) is 4.79 Å². The normalized spacial score (nSPS) is 8.00. The Morgan fingerprint density at radius 1 is 1.33 bits per heavy atom. The van der Waals surface area contributed by atoms with E-state index in [4.69, 9.17) is 0 Å². The summed E-state index contributed by atoms with van der Waals surface area (Å²) in [4.78, 5) is 11.0. The molecular formula is C9H10O2Pb. The van der Waals surface area contributed by atoms with Crippen LogP contribution in [0.2, 0.25) is 0 Å². The van der Waals surface area contributed by atoms with Crippen LogP contribution < -0.4 is 0 Å². The first-order valence-electron chi connectivity index (χ1n) is 3.21. The van der Waals surface area contributed by atoms with E-state index in [1.54, 1.807) is 24.3 Å². The molecule has 1 rings (SSSR count). The summed E-state index contributed by atoms with van der Waals surface area (Å²) in [7, 11) is 0. The van der Waals surface area contributed by atoms with Crippen molar-refractivity contribution in [2.24, 2.45) is 0 Å². The Morgan fingerprint density at radius 2 is 1.92 bits per heavy atom. The number of rotatable bonds is 2. The molecule has 2 nitrogen and oxygen atoms in total. The standard InChI is InChI=1S/C9H8O2.Pb.2H/c1-2-11-9(10)8-6-4-3-5-7-8;;;/h2-7H,1H2;;;. The Morgan fingerprint density at radius 3 is 2.42 bits per heavy atom. The summed E-state index contributed by atoms with van der Waals surface area (Å²) >= 11 is 0. The van der Waals surface area contributed by atoms with Crippen molar-refractivity contribution in [1.29, 1.82) is 0 Å². The molecule has 0 amide bonds. The monoisotopic (exact) mass is 358 g/mol. The van der Waals surface area contributed by atoms with Gasteiger partial charge in [0.05, 0.1) is 11.8 Å². The molecule has 2 radical (unpaired) electrons. The van der Waals surface area contributed by atoms with Gasteiger partial charge in [0.25, 0.3) is 0 Å². The van der Waals surface area contributed by atoms with Gasteiger partial charge in [-0.25, -0.2) is 4.79 Å². The van der Waals surface area contributed by atoms with Gasteiger partial charge in [-0.1, -0.05) is 24.8 Å². The third kappa shape index (κ3) is 3.17. The van der Waals surface area contributed by atoms with Crippen LogP contribution in [-0.2, 0) is 4.74 Å². The van der Waals surface area contributed by atoms with E-state index in [0.29, 0.717) is 5.56 Å². The molecule has 0 bridgehead atoms. The summed E-state index contributed by atoms with van der Waals surface area (Å²) in [6.07, 6.45) is 1.12. The summed E-state index contributed by atoms with van der Waals surface area (Å²) in [5, 5.41) is 0. The van der Waals surface area contributed by atoms with Gasteiger partial charge in [0.1, 0.15) is 0 Å². The van der Waals surface area contributed by atoms with Gasteiger partial charge in [-0.05, 0) is 12.1 Å². The number of carbonyl (C=O) groups excluding carboxylic acids is 1. The van der Waals surface area contributed by atoms with Gasteiger partial charge in [-0.3, -0.25) is 0 Å². The summed E-state index contributed by atoms with van der Waals surface area (Å²) in [6, 6.07) is 8.77. The molecule has 0 aliphatic heterocycles. The van der Waals surface area contributed by atoms with Crippen LogP contribution in [0.15, 0.2) is 43.2 Å². The van der Waals surface area contributed by atoms with Crippen LogP contribution in [0.25, 0.3) is 0 Å². The number of benzene rings is 1. The molecule has 3 heteroatoms. The molecule has 0 saturated heterocycles. The molecule has 0 saturated carbocycles. The van der Waals surface area contributed by atoms with Crippen LogP contribution >= 0.6 is 0 Å². The van der Waals surface area contributed by atoms with Crippen molar-refractivity contribution in [2.75, 3.05) is 0 Å². The van der Waals surface area contributed by atoms with Gasteiger partial charge in [-0.15, -0.1) is 0 Å². The van der Waals surface area contributed by atoms with Gasteiger partial charge in [0, 0.05) is 0 Å². The molecule has 0 aliphatic rings. The van der Waals surface area contributed by atoms with Crippen molar-refractivity contribution in [2.45, 2.75) is 0 Å². The predicted molar refractivity (Wildman–Crippen MR) is 50.6 cm³/mol. The molecule has 62 valence electrons. The zero-order valence-electron chi connectivity index (χ0n) is 6.69. The average molecular weight is 357 g/mol. The molecular weight excluding hydrogens is 347 g/mol. The zero-order valence-corrected chi connectivity index (χ0v) is 12.2. The quantitative estimate of drug-likeness (QED) is 0.450. The Bertz CT molecular complexity index is 256. The summed E-state index contributed by atoms with van der Waals surface area (Å²) < 4.78 is 4.55. The van der Waals surface area contributed by atoms with Crippen LogP contribution in [0.1, 0.15) is 10.4 Å². The summed E-state index contributed by atoms with van der Waals surface area (Å²) in [5.74, 6) is -0.374. The third-order valence-corrected chi connectivity index (χ3v) is 1.20. The first kappa shape index (κ1) is 11.4. The number of ether oxygens (including phenoxy) is 1. The van der Waals surface area contributed by atoms with Crippen molar-refractivity contribution < 1.29 is 9.53 Å². The second kappa shape index (κ2) is 5.93. The predicted octanol–water partition coefficient (Wildman–Crippen LogP) is 1.07. The molecule has 12 heavy (non-hydrogen) atoms. The summed E-state index contributed by atoms with van der Waals surface area (Å²) in [6.45, 7) is 3.28. The molecule has 0 heterocycles. The van der Waals surface area contributed by atoms with Crippen molar-refractivity contribution >= 4 is 33.3 Å². The topological polar surface area (TPSA) is 26.3 Å². The van der Waals surface area contributed by atoms with Crippen LogP contribution in [-0.4, -0.2) is 33.3 Å². The maximum atomic E-state index is 11.0. The van der Waals surface area contributed by atoms with Crippen LogP contribution in [0.4, 0.5) is 0 Å². The zero-order chi connectivity index (χ0) is 8.10. The maximum absolute atomic E-state index is 11.0. The van der Waals surface area contributed by atoms with E-state index < -0.39 is 0 Å². The first-order valence-corrected chi connectivity index (χ1v) is 3.21. The Labute approximate surface area is 91.4 Å². The fourth-order valence-electron chi connectivity index (χ4n) is 0.718. The minimum absolute atomic E-state index is 0. The Hall–Kier alpha value is -0.648. The van der Waals surface area contributed by atoms with Gasteiger partial charge in [-0.2, -0.15) is 0 Å². The molecule has 0 N–H and O–H groups in total. The van der Waals surface area contributed by atoms with Crippen molar-refractivity contribution in [1.82, 2.24) is 0 Å². The van der Waals surface area contributed by atoms with Crippen molar-refractivity contribution in [3.63, 3.8) is 0 Å². The molecule has 0 unspecified atom stereocenters. The number of carbonyl (C=O) groups is 1. The molecule has 0 atom stereocenters. The van der Waals surface area contributed by atoms with Gasteiger partial charge in [0.2, 0.25) is 0 Å². The number of hydrogen-bond donors (Lipinski definition) is 0.